The molecule has 2 fully saturated rings. The number of halogens is 1. The summed E-state index contributed by atoms with van der Waals surface area (Å²) < 4.78 is 12.9. The number of aromatic nitrogens is 4. The molecule has 3 heterocycles. The van der Waals surface area contributed by atoms with Crippen molar-refractivity contribution < 1.29 is 9.47 Å². The maximum absolute atomic E-state index is 6.72. The van der Waals surface area contributed by atoms with Gasteiger partial charge in [-0.1, -0.05) is 29.8 Å². The van der Waals surface area contributed by atoms with Gasteiger partial charge < -0.3 is 19.4 Å². The third kappa shape index (κ3) is 6.46. The first-order valence-corrected chi connectivity index (χ1v) is 15.3. The Bertz CT molecular complexity index is 1440. The number of nitrogens with zero attached hydrogens (tertiary/aromatic N) is 5. The number of hydrogen-bond donors (Lipinski definition) is 1. The van der Waals surface area contributed by atoms with E-state index in [-0.39, 0.29) is 0 Å². The van der Waals surface area contributed by atoms with Crippen LogP contribution in [-0.2, 0) is 11.2 Å². The van der Waals surface area contributed by atoms with Crippen molar-refractivity contribution in [2.75, 3.05) is 53.6 Å². The van der Waals surface area contributed by atoms with Crippen molar-refractivity contribution in [1.29, 1.82) is 0 Å². The molecule has 2 aromatic heterocycles. The second kappa shape index (κ2) is 12.9. The van der Waals surface area contributed by atoms with Gasteiger partial charge in [0.05, 0.1) is 29.4 Å². The van der Waals surface area contributed by atoms with Crippen LogP contribution in [0.25, 0.3) is 22.3 Å². The molecule has 2 aromatic carbocycles. The molecule has 1 aliphatic carbocycles. The van der Waals surface area contributed by atoms with Gasteiger partial charge in [-0.3, -0.25) is 9.58 Å². The molecule has 1 saturated carbocycles. The second-order valence-electron chi connectivity index (χ2n) is 11.4. The smallest absolute Gasteiger partial charge is 0.122 e. The number of aromatic amines is 1. The first-order valence-electron chi connectivity index (χ1n) is 14.9. The minimum Gasteiger partial charge on any atom is -0.496 e. The van der Waals surface area contributed by atoms with E-state index in [1.54, 1.807) is 14.2 Å². The summed E-state index contributed by atoms with van der Waals surface area (Å²) in [6, 6.07) is 15.4. The van der Waals surface area contributed by atoms with Crippen molar-refractivity contribution in [2.45, 2.75) is 50.6 Å². The highest BCUT2D eigenvalue weighted by atomic mass is 35.5. The van der Waals surface area contributed by atoms with Gasteiger partial charge in [0.25, 0.3) is 0 Å². The molecule has 1 aliphatic heterocycles. The maximum Gasteiger partial charge on any atom is 0.122 e. The van der Waals surface area contributed by atoms with Gasteiger partial charge in [-0.05, 0) is 56.4 Å². The molecule has 1 N–H and O–H groups in total. The number of H-pyrrole nitrogens is 1. The second-order valence-corrected chi connectivity index (χ2v) is 11.8. The van der Waals surface area contributed by atoms with Gasteiger partial charge in [-0.2, -0.15) is 5.10 Å². The fraction of sp³-hybridized carbons (Fsp3) is 0.500. The zero-order valence-corrected chi connectivity index (χ0v) is 24.9. The Morgan fingerprint density at radius 3 is 2.54 bits per heavy atom. The molecule has 0 amide bonds. The van der Waals surface area contributed by atoms with Crippen molar-refractivity contribution in [3.05, 3.63) is 65.1 Å². The highest BCUT2D eigenvalue weighted by molar-refractivity contribution is 6.35. The summed E-state index contributed by atoms with van der Waals surface area (Å²) in [7, 11) is 3.48. The number of fused-ring (bicyclic) bond motifs is 1. The van der Waals surface area contributed by atoms with Crippen molar-refractivity contribution >= 4 is 22.6 Å². The Morgan fingerprint density at radius 2 is 1.76 bits per heavy atom. The molecule has 0 atom stereocenters. The minimum atomic E-state index is 0.453. The van der Waals surface area contributed by atoms with E-state index in [1.807, 2.05) is 24.3 Å². The summed E-state index contributed by atoms with van der Waals surface area (Å²) in [5.74, 6) is 1.72. The molecule has 0 unspecified atom stereocenters. The van der Waals surface area contributed by atoms with E-state index in [1.165, 1.54) is 51.9 Å². The summed E-state index contributed by atoms with van der Waals surface area (Å²) in [5.41, 5.74) is 4.74. The molecule has 2 aliphatic rings. The predicted octanol–water partition coefficient (Wildman–Crippen LogP) is 5.82. The predicted molar refractivity (Wildman–Crippen MR) is 164 cm³/mol. The summed E-state index contributed by atoms with van der Waals surface area (Å²) in [4.78, 5) is 13.6. The molecule has 8 nitrogen and oxygen atoms in total. The lowest BCUT2D eigenvalue weighted by atomic mass is 9.90. The highest BCUT2D eigenvalue weighted by Gasteiger charge is 2.29. The fourth-order valence-electron chi connectivity index (χ4n) is 6.56. The number of benzene rings is 2. The molecule has 218 valence electrons. The summed E-state index contributed by atoms with van der Waals surface area (Å²) >= 11 is 6.72. The van der Waals surface area contributed by atoms with Crippen LogP contribution in [0.15, 0.2) is 48.7 Å². The van der Waals surface area contributed by atoms with E-state index in [0.717, 1.165) is 59.0 Å². The number of ether oxygens (including phenoxy) is 2. The molecular formula is C32H41ClN6O2. The molecular weight excluding hydrogens is 536 g/mol. The zero-order chi connectivity index (χ0) is 28.2. The Morgan fingerprint density at radius 1 is 0.976 bits per heavy atom. The number of methoxy groups -OCH3 is 2. The van der Waals surface area contributed by atoms with Gasteiger partial charge in [0, 0.05) is 76.2 Å². The number of para-hydroxylation sites is 1. The molecule has 41 heavy (non-hydrogen) atoms. The van der Waals surface area contributed by atoms with Crippen LogP contribution in [0, 0.1) is 0 Å². The van der Waals surface area contributed by atoms with Crippen molar-refractivity contribution in [3.63, 3.8) is 0 Å². The summed E-state index contributed by atoms with van der Waals surface area (Å²) in [6.45, 7) is 6.74. The molecule has 9 heteroatoms. The topological polar surface area (TPSA) is 71.4 Å². The maximum atomic E-state index is 6.72. The van der Waals surface area contributed by atoms with Gasteiger partial charge in [0.1, 0.15) is 17.1 Å². The molecule has 0 spiro atoms. The molecule has 6 rings (SSSR count). The van der Waals surface area contributed by atoms with Crippen LogP contribution in [0.4, 0.5) is 0 Å². The number of nitrogens with one attached hydrogen (secondary N) is 1. The van der Waals surface area contributed by atoms with E-state index in [9.17, 15) is 0 Å². The Balaban J connectivity index is 1.07. The largest absolute Gasteiger partial charge is 0.496 e. The highest BCUT2D eigenvalue weighted by Crippen LogP contribution is 2.34. The summed E-state index contributed by atoms with van der Waals surface area (Å²) in [6.07, 6.45) is 8.73. The average Bonchev–Trinajstić information content (AvgIpc) is 3.66. The van der Waals surface area contributed by atoms with Crippen LogP contribution in [0.1, 0.15) is 49.5 Å². The third-order valence-corrected chi connectivity index (χ3v) is 9.12. The molecule has 1 saturated heterocycles. The standard InChI is InChI=1S/C32H41ClN6O2/c1-40-19-5-13-37-15-17-38(18-16-37)25-8-10-26(11-9-25)39-14-12-28(36-39)24-20-27(33)32-29(21-24)34-31(35-32)22-23-6-3-4-7-30(23)41-2/h3-4,6-7,12,14,20-21,25-26H,5,8-11,13,15-19,22H2,1-2H3,(H,34,35). The molecule has 0 radical (unpaired) electrons. The van der Waals surface area contributed by atoms with E-state index in [0.29, 0.717) is 23.5 Å². The van der Waals surface area contributed by atoms with E-state index >= 15 is 0 Å². The van der Waals surface area contributed by atoms with Crippen LogP contribution >= 0.6 is 11.6 Å². The average molecular weight is 577 g/mol. The third-order valence-electron chi connectivity index (χ3n) is 8.83. The Hall–Kier alpha value is -2.91. The van der Waals surface area contributed by atoms with Crippen LogP contribution in [0.2, 0.25) is 5.02 Å². The quantitative estimate of drug-likeness (QED) is 0.240. The number of hydrogen-bond acceptors (Lipinski definition) is 6. The SMILES string of the molecule is COCCCN1CCN(C2CCC(n3ccc(-c4cc(Cl)c5nc(Cc6ccccc6OC)[nH]c5c4)n3)CC2)CC1. The first-order chi connectivity index (χ1) is 20.1. The van der Waals surface area contributed by atoms with Crippen LogP contribution < -0.4 is 4.74 Å². The van der Waals surface area contributed by atoms with Crippen molar-refractivity contribution in [1.82, 2.24) is 29.5 Å². The number of imidazole rings is 1. The fourth-order valence-corrected chi connectivity index (χ4v) is 6.82. The van der Waals surface area contributed by atoms with Gasteiger partial charge in [0.2, 0.25) is 0 Å². The monoisotopic (exact) mass is 576 g/mol. The molecule has 0 bridgehead atoms. The van der Waals surface area contributed by atoms with E-state index in [4.69, 9.17) is 31.2 Å². The first kappa shape index (κ1) is 28.2. The normalized spacial score (nSPS) is 20.6. The van der Waals surface area contributed by atoms with Crippen LogP contribution in [0.3, 0.4) is 0 Å². The van der Waals surface area contributed by atoms with Crippen LogP contribution in [-0.4, -0.2) is 89.1 Å². The summed E-state index contributed by atoms with van der Waals surface area (Å²) in [5, 5.41) is 5.64. The zero-order valence-electron chi connectivity index (χ0n) is 24.2. The Kier molecular flexibility index (Phi) is 8.91. The van der Waals surface area contributed by atoms with E-state index < -0.39 is 0 Å². The Labute approximate surface area is 247 Å². The lowest BCUT2D eigenvalue weighted by Crippen LogP contribution is -2.51. The number of rotatable bonds is 10. The minimum absolute atomic E-state index is 0.453. The lowest BCUT2D eigenvalue weighted by molar-refractivity contribution is 0.0659. The van der Waals surface area contributed by atoms with Gasteiger partial charge in [-0.15, -0.1) is 0 Å². The number of piperazine rings is 1. The van der Waals surface area contributed by atoms with Crippen molar-refractivity contribution in [3.8, 4) is 17.0 Å². The van der Waals surface area contributed by atoms with Gasteiger partial charge in [0.15, 0.2) is 0 Å². The van der Waals surface area contributed by atoms with Crippen molar-refractivity contribution in [2.24, 2.45) is 0 Å². The molecule has 4 aromatic rings. The van der Waals surface area contributed by atoms with Crippen LogP contribution in [0.5, 0.6) is 5.75 Å². The van der Waals surface area contributed by atoms with E-state index in [2.05, 4.69) is 43.9 Å². The van der Waals surface area contributed by atoms with Gasteiger partial charge >= 0.3 is 0 Å². The lowest BCUT2D eigenvalue weighted by Gasteiger charge is -2.42. The van der Waals surface area contributed by atoms with Gasteiger partial charge in [-0.25, -0.2) is 4.98 Å².